The molecule has 0 aromatic heterocycles. The van der Waals surface area contributed by atoms with E-state index in [-0.39, 0.29) is 0 Å². The number of carboxylic acid groups (broad SMARTS) is 1. The number of aliphatic carboxylic acids is 1. The Kier molecular flexibility index (Phi) is 2.87. The van der Waals surface area contributed by atoms with Crippen LogP contribution in [-0.2, 0) is 15.1 Å². The highest BCUT2D eigenvalue weighted by Crippen LogP contribution is 2.40. The minimum absolute atomic E-state index is 0.406. The van der Waals surface area contributed by atoms with E-state index in [9.17, 15) is 14.7 Å². The van der Waals surface area contributed by atoms with Gasteiger partial charge in [-0.3, -0.25) is 4.79 Å². The number of hydrogen-bond donors (Lipinski definition) is 2. The molecule has 16 heavy (non-hydrogen) atoms. The number of carbonyl (C=O) groups excluding carboxylic acids is 1. The summed E-state index contributed by atoms with van der Waals surface area (Å²) >= 11 is 1.61. The van der Waals surface area contributed by atoms with Crippen molar-refractivity contribution in [3.63, 3.8) is 0 Å². The van der Waals surface area contributed by atoms with Gasteiger partial charge in [0.1, 0.15) is 0 Å². The van der Waals surface area contributed by atoms with Crippen LogP contribution in [0.15, 0.2) is 29.2 Å². The molecule has 1 aromatic rings. The molecule has 0 bridgehead atoms. The van der Waals surface area contributed by atoms with Crippen molar-refractivity contribution in [2.75, 3.05) is 5.75 Å². The normalized spacial score (nSPS) is 23.2. The molecule has 1 aliphatic rings. The first-order valence-corrected chi connectivity index (χ1v) is 5.86. The molecule has 0 spiro atoms. The van der Waals surface area contributed by atoms with Crippen molar-refractivity contribution in [1.29, 1.82) is 0 Å². The molecule has 0 saturated heterocycles. The van der Waals surface area contributed by atoms with Gasteiger partial charge in [0, 0.05) is 16.2 Å². The van der Waals surface area contributed by atoms with Crippen molar-refractivity contribution in [3.05, 3.63) is 29.8 Å². The molecule has 0 aliphatic carbocycles. The number of amides is 1. The molecule has 2 rings (SSSR count). The van der Waals surface area contributed by atoms with Crippen LogP contribution in [-0.4, -0.2) is 23.2 Å². The van der Waals surface area contributed by atoms with Crippen molar-refractivity contribution in [3.8, 4) is 0 Å². The second-order valence-corrected chi connectivity index (χ2v) is 4.70. The Morgan fingerprint density at radius 1 is 1.50 bits per heavy atom. The molecule has 1 heterocycles. The number of fused-ring (bicyclic) bond motifs is 1. The van der Waals surface area contributed by atoms with E-state index in [2.05, 4.69) is 5.32 Å². The number of benzene rings is 1. The van der Waals surface area contributed by atoms with Crippen molar-refractivity contribution in [2.24, 2.45) is 0 Å². The first kappa shape index (κ1) is 11.0. The molecule has 2 N–H and O–H groups in total. The Balaban J connectivity index is 2.56. The number of thioether (sulfide) groups is 1. The SMILES string of the molecule is O=CNC1(C(=O)O)CCSc2ccccc21. The van der Waals surface area contributed by atoms with Gasteiger partial charge in [-0.05, 0) is 12.5 Å². The van der Waals surface area contributed by atoms with Crippen LogP contribution in [0, 0.1) is 0 Å². The topological polar surface area (TPSA) is 66.4 Å². The van der Waals surface area contributed by atoms with Crippen molar-refractivity contribution < 1.29 is 14.7 Å². The van der Waals surface area contributed by atoms with Crippen molar-refractivity contribution >= 4 is 24.1 Å². The van der Waals surface area contributed by atoms with Gasteiger partial charge in [0.15, 0.2) is 5.54 Å². The Morgan fingerprint density at radius 3 is 2.94 bits per heavy atom. The summed E-state index contributed by atoms with van der Waals surface area (Å²) in [5.41, 5.74) is -0.588. The quantitative estimate of drug-likeness (QED) is 0.775. The highest BCUT2D eigenvalue weighted by atomic mass is 32.2. The molecule has 0 saturated carbocycles. The van der Waals surface area contributed by atoms with Crippen LogP contribution < -0.4 is 5.32 Å². The van der Waals surface area contributed by atoms with Crippen LogP contribution in [0.1, 0.15) is 12.0 Å². The Hall–Kier alpha value is -1.49. The zero-order valence-electron chi connectivity index (χ0n) is 8.47. The lowest BCUT2D eigenvalue weighted by Crippen LogP contribution is -2.50. The largest absolute Gasteiger partial charge is 0.479 e. The van der Waals surface area contributed by atoms with Crippen LogP contribution >= 0.6 is 11.8 Å². The minimum Gasteiger partial charge on any atom is -0.479 e. The average Bonchev–Trinajstić information content (AvgIpc) is 2.29. The standard InChI is InChI=1S/C11H11NO3S/c13-7-12-11(10(14)15)5-6-16-9-4-2-1-3-8(9)11/h1-4,7H,5-6H2,(H,12,13)(H,14,15). The third-order valence-corrected chi connectivity index (χ3v) is 3.83. The van der Waals surface area contributed by atoms with Crippen molar-refractivity contribution in [2.45, 2.75) is 16.9 Å². The molecule has 4 nitrogen and oxygen atoms in total. The Labute approximate surface area is 97.0 Å². The fourth-order valence-corrected chi connectivity index (χ4v) is 3.13. The molecule has 1 aromatic carbocycles. The molecule has 84 valence electrons. The van der Waals surface area contributed by atoms with Gasteiger partial charge in [-0.1, -0.05) is 18.2 Å². The molecule has 1 amide bonds. The fourth-order valence-electron chi connectivity index (χ4n) is 1.93. The van der Waals surface area contributed by atoms with E-state index in [4.69, 9.17) is 0 Å². The third-order valence-electron chi connectivity index (χ3n) is 2.75. The summed E-state index contributed by atoms with van der Waals surface area (Å²) in [6.07, 6.45) is 0.865. The second kappa shape index (κ2) is 4.17. The van der Waals surface area contributed by atoms with Crippen molar-refractivity contribution in [1.82, 2.24) is 5.32 Å². The lowest BCUT2D eigenvalue weighted by molar-refractivity contribution is -0.147. The number of rotatable bonds is 3. The third kappa shape index (κ3) is 1.57. The highest BCUT2D eigenvalue weighted by Gasteiger charge is 2.43. The summed E-state index contributed by atoms with van der Waals surface area (Å²) in [5, 5.41) is 11.8. The average molecular weight is 237 g/mol. The lowest BCUT2D eigenvalue weighted by Gasteiger charge is -2.34. The summed E-state index contributed by atoms with van der Waals surface area (Å²) in [7, 11) is 0. The van der Waals surface area contributed by atoms with Crippen LogP contribution in [0.3, 0.4) is 0 Å². The molecular formula is C11H11NO3S. The van der Waals surface area contributed by atoms with Gasteiger partial charge >= 0.3 is 5.97 Å². The van der Waals surface area contributed by atoms with E-state index >= 15 is 0 Å². The maximum absolute atomic E-state index is 11.4. The molecule has 1 unspecified atom stereocenters. The van der Waals surface area contributed by atoms with E-state index in [1.807, 2.05) is 12.1 Å². The second-order valence-electron chi connectivity index (χ2n) is 3.57. The highest BCUT2D eigenvalue weighted by molar-refractivity contribution is 7.99. The van der Waals surface area contributed by atoms with Gasteiger partial charge in [0.05, 0.1) is 0 Å². The fraction of sp³-hybridized carbons (Fsp3) is 0.273. The monoisotopic (exact) mass is 237 g/mol. The summed E-state index contributed by atoms with van der Waals surface area (Å²) in [5.74, 6) is -0.322. The maximum Gasteiger partial charge on any atom is 0.334 e. The van der Waals surface area contributed by atoms with Crippen LogP contribution in [0.5, 0.6) is 0 Å². The molecule has 0 fully saturated rings. The first-order chi connectivity index (χ1) is 7.70. The van der Waals surface area contributed by atoms with Crippen LogP contribution in [0.25, 0.3) is 0 Å². The molecule has 1 atom stereocenters. The number of carbonyl (C=O) groups is 2. The number of nitrogens with one attached hydrogen (secondary N) is 1. The summed E-state index contributed by atoms with van der Waals surface area (Å²) in [6, 6.07) is 7.29. The maximum atomic E-state index is 11.4. The molecule has 5 heteroatoms. The summed E-state index contributed by atoms with van der Waals surface area (Å²) < 4.78 is 0. The van der Waals surface area contributed by atoms with Gasteiger partial charge in [0.2, 0.25) is 6.41 Å². The molecular weight excluding hydrogens is 226 g/mol. The summed E-state index contributed by atoms with van der Waals surface area (Å²) in [4.78, 5) is 22.9. The van der Waals surface area contributed by atoms with Gasteiger partial charge in [-0.2, -0.15) is 0 Å². The molecule has 0 radical (unpaired) electrons. The molecule has 1 aliphatic heterocycles. The van der Waals surface area contributed by atoms with Gasteiger partial charge in [0.25, 0.3) is 0 Å². The summed E-state index contributed by atoms with van der Waals surface area (Å²) in [6.45, 7) is 0. The van der Waals surface area contributed by atoms with Gasteiger partial charge < -0.3 is 10.4 Å². The van der Waals surface area contributed by atoms with E-state index < -0.39 is 11.5 Å². The van der Waals surface area contributed by atoms with Gasteiger partial charge in [-0.25, -0.2) is 4.79 Å². The van der Waals surface area contributed by atoms with E-state index in [0.29, 0.717) is 24.1 Å². The van der Waals surface area contributed by atoms with E-state index in [1.54, 1.807) is 23.9 Å². The van der Waals surface area contributed by atoms with E-state index in [1.165, 1.54) is 0 Å². The lowest BCUT2D eigenvalue weighted by atomic mass is 9.87. The van der Waals surface area contributed by atoms with Crippen LogP contribution in [0.2, 0.25) is 0 Å². The zero-order valence-corrected chi connectivity index (χ0v) is 9.29. The smallest absolute Gasteiger partial charge is 0.334 e. The van der Waals surface area contributed by atoms with Crippen LogP contribution in [0.4, 0.5) is 0 Å². The first-order valence-electron chi connectivity index (χ1n) is 4.88. The Morgan fingerprint density at radius 2 is 2.25 bits per heavy atom. The predicted molar refractivity (Wildman–Crippen MR) is 60.3 cm³/mol. The number of hydrogen-bond acceptors (Lipinski definition) is 3. The minimum atomic E-state index is -1.26. The number of carboxylic acids is 1. The zero-order chi connectivity index (χ0) is 11.6. The Bertz CT molecular complexity index is 435. The van der Waals surface area contributed by atoms with E-state index in [0.717, 1.165) is 4.90 Å². The van der Waals surface area contributed by atoms with Gasteiger partial charge in [-0.15, -0.1) is 11.8 Å². The predicted octanol–water partition coefficient (Wildman–Crippen LogP) is 1.21.